The van der Waals surface area contributed by atoms with Gasteiger partial charge < -0.3 is 9.30 Å². The van der Waals surface area contributed by atoms with Crippen molar-refractivity contribution in [3.63, 3.8) is 0 Å². The second-order valence-electron chi connectivity index (χ2n) is 5.75. The van der Waals surface area contributed by atoms with E-state index in [1.54, 1.807) is 0 Å². The Labute approximate surface area is 129 Å². The molecule has 0 fully saturated rings. The van der Waals surface area contributed by atoms with Crippen LogP contribution in [0.3, 0.4) is 0 Å². The van der Waals surface area contributed by atoms with Crippen molar-refractivity contribution in [2.45, 2.75) is 19.3 Å². The summed E-state index contributed by atoms with van der Waals surface area (Å²) in [5, 5.41) is 1.01. The molecule has 0 amide bonds. The zero-order chi connectivity index (χ0) is 15.1. The summed E-state index contributed by atoms with van der Waals surface area (Å²) in [6, 6.07) is 15.7. The summed E-state index contributed by atoms with van der Waals surface area (Å²) >= 11 is 0. The van der Waals surface area contributed by atoms with Crippen LogP contribution in [-0.4, -0.2) is 10.4 Å². The van der Waals surface area contributed by atoms with E-state index >= 15 is 0 Å². The van der Waals surface area contributed by atoms with Crippen LogP contribution in [0, 0.1) is 0 Å². The minimum Gasteiger partial charge on any atom is -0.457 e. The first-order valence-electron chi connectivity index (χ1n) is 7.61. The number of fused-ring (bicyclic) bond motifs is 3. The molecule has 3 heteroatoms. The van der Waals surface area contributed by atoms with Crippen molar-refractivity contribution in [3.8, 4) is 11.5 Å². The maximum absolute atomic E-state index is 12.3. The number of hydrogen-bond donors (Lipinski definition) is 0. The molecule has 0 atom stereocenters. The average Bonchev–Trinajstić information content (AvgIpc) is 2.82. The first-order valence-corrected chi connectivity index (χ1v) is 7.61. The number of ether oxygens (including phenoxy) is 1. The summed E-state index contributed by atoms with van der Waals surface area (Å²) in [6.45, 7) is 0. The predicted molar refractivity (Wildman–Crippen MR) is 86.7 cm³/mol. The summed E-state index contributed by atoms with van der Waals surface area (Å²) in [5.41, 5.74) is 3.14. The van der Waals surface area contributed by atoms with Crippen molar-refractivity contribution in [2.75, 3.05) is 0 Å². The van der Waals surface area contributed by atoms with Crippen molar-refractivity contribution < 1.29 is 9.53 Å². The zero-order valence-corrected chi connectivity index (χ0v) is 12.5. The number of rotatable bonds is 2. The first-order chi connectivity index (χ1) is 10.7. The quantitative estimate of drug-likeness (QED) is 0.696. The van der Waals surface area contributed by atoms with Crippen LogP contribution in [0.2, 0.25) is 0 Å². The minimum absolute atomic E-state index is 0.253. The van der Waals surface area contributed by atoms with Crippen LogP contribution in [0.1, 0.15) is 28.9 Å². The van der Waals surface area contributed by atoms with Gasteiger partial charge in [0.15, 0.2) is 5.78 Å². The van der Waals surface area contributed by atoms with E-state index < -0.39 is 0 Å². The van der Waals surface area contributed by atoms with Crippen LogP contribution < -0.4 is 4.74 Å². The minimum atomic E-state index is 0.253. The van der Waals surface area contributed by atoms with Crippen LogP contribution in [0.5, 0.6) is 11.5 Å². The largest absolute Gasteiger partial charge is 0.457 e. The molecule has 3 nitrogen and oxygen atoms in total. The third kappa shape index (κ3) is 2.01. The fraction of sp³-hybridized carbons (Fsp3) is 0.211. The molecule has 110 valence electrons. The highest BCUT2D eigenvalue weighted by atomic mass is 16.5. The number of benzene rings is 2. The molecule has 0 N–H and O–H groups in total. The van der Waals surface area contributed by atoms with Crippen LogP contribution in [0.25, 0.3) is 10.9 Å². The van der Waals surface area contributed by atoms with Gasteiger partial charge in [0, 0.05) is 35.6 Å². The molecule has 22 heavy (non-hydrogen) atoms. The topological polar surface area (TPSA) is 31.2 Å². The van der Waals surface area contributed by atoms with Crippen molar-refractivity contribution in [3.05, 3.63) is 59.8 Å². The Kier molecular flexibility index (Phi) is 3.00. The van der Waals surface area contributed by atoms with Gasteiger partial charge in [-0.3, -0.25) is 4.79 Å². The highest BCUT2D eigenvalue weighted by Gasteiger charge is 2.24. The van der Waals surface area contributed by atoms with Crippen molar-refractivity contribution in [1.82, 2.24) is 4.57 Å². The molecule has 0 bridgehead atoms. The van der Waals surface area contributed by atoms with Crippen molar-refractivity contribution in [2.24, 2.45) is 7.05 Å². The summed E-state index contributed by atoms with van der Waals surface area (Å²) in [4.78, 5) is 12.3. The van der Waals surface area contributed by atoms with Crippen LogP contribution in [-0.2, 0) is 13.5 Å². The van der Waals surface area contributed by atoms with E-state index in [0.29, 0.717) is 6.42 Å². The molecule has 3 aromatic rings. The lowest BCUT2D eigenvalue weighted by atomic mass is 9.94. The Morgan fingerprint density at radius 3 is 2.64 bits per heavy atom. The number of Topliss-reactive ketones (excluding diaryl/α,β-unsaturated/α-hetero) is 1. The van der Waals surface area contributed by atoms with Gasteiger partial charge in [-0.2, -0.15) is 0 Å². The molecule has 0 spiro atoms. The number of aromatic nitrogens is 1. The van der Waals surface area contributed by atoms with Gasteiger partial charge in [-0.25, -0.2) is 0 Å². The molecule has 0 radical (unpaired) electrons. The number of carbonyl (C=O) groups excluding carboxylic acids is 1. The van der Waals surface area contributed by atoms with Crippen molar-refractivity contribution in [1.29, 1.82) is 0 Å². The number of carbonyl (C=O) groups is 1. The standard InChI is InChI=1S/C19H17NO2/c1-20-16-11-10-14(22-13-6-3-2-4-7-13)12-15(16)19-17(20)8-5-9-18(19)21/h2-4,6-7,10-12H,5,8-9H2,1H3. The van der Waals surface area contributed by atoms with E-state index in [4.69, 9.17) is 4.74 Å². The maximum atomic E-state index is 12.3. The normalized spacial score (nSPS) is 14.1. The SMILES string of the molecule is Cn1c2c(c3cc(Oc4ccccc4)ccc31)C(=O)CCC2. The predicted octanol–water partition coefficient (Wildman–Crippen LogP) is 4.49. The van der Waals surface area contributed by atoms with Gasteiger partial charge in [0.2, 0.25) is 0 Å². The molecule has 1 aromatic heterocycles. The van der Waals surface area contributed by atoms with Gasteiger partial charge >= 0.3 is 0 Å². The lowest BCUT2D eigenvalue weighted by Gasteiger charge is -2.12. The molecule has 1 aliphatic rings. The van der Waals surface area contributed by atoms with Gasteiger partial charge in [0.05, 0.1) is 0 Å². The van der Waals surface area contributed by atoms with Gasteiger partial charge in [-0.05, 0) is 43.2 Å². The van der Waals surface area contributed by atoms with Gasteiger partial charge in [-0.15, -0.1) is 0 Å². The second-order valence-corrected chi connectivity index (χ2v) is 5.75. The summed E-state index contributed by atoms with van der Waals surface area (Å²) in [5.74, 6) is 1.83. The monoisotopic (exact) mass is 291 g/mol. The van der Waals surface area contributed by atoms with Gasteiger partial charge in [-0.1, -0.05) is 18.2 Å². The number of nitrogens with zero attached hydrogens (tertiary/aromatic N) is 1. The van der Waals surface area contributed by atoms with E-state index in [2.05, 4.69) is 4.57 Å². The summed E-state index contributed by atoms with van der Waals surface area (Å²) in [6.07, 6.45) is 2.57. The van der Waals surface area contributed by atoms with E-state index in [1.165, 1.54) is 0 Å². The molecule has 1 aliphatic carbocycles. The molecule has 0 aliphatic heterocycles. The van der Waals surface area contributed by atoms with Crippen LogP contribution in [0.15, 0.2) is 48.5 Å². The van der Waals surface area contributed by atoms with E-state index in [-0.39, 0.29) is 5.78 Å². The molecule has 0 saturated heterocycles. The average molecular weight is 291 g/mol. The summed E-state index contributed by atoms with van der Waals surface area (Å²) < 4.78 is 8.05. The van der Waals surface area contributed by atoms with Gasteiger partial charge in [0.25, 0.3) is 0 Å². The van der Waals surface area contributed by atoms with Gasteiger partial charge in [0.1, 0.15) is 11.5 Å². The number of hydrogen-bond acceptors (Lipinski definition) is 2. The molecule has 2 aromatic carbocycles. The molecule has 4 rings (SSSR count). The third-order valence-electron chi connectivity index (χ3n) is 4.37. The smallest absolute Gasteiger partial charge is 0.165 e. The Bertz CT molecular complexity index is 862. The number of para-hydroxylation sites is 1. The molecular weight excluding hydrogens is 274 g/mol. The zero-order valence-electron chi connectivity index (χ0n) is 12.5. The number of ketones is 1. The highest BCUT2D eigenvalue weighted by molar-refractivity contribution is 6.10. The highest BCUT2D eigenvalue weighted by Crippen LogP contribution is 2.34. The van der Waals surface area contributed by atoms with Crippen molar-refractivity contribution >= 4 is 16.7 Å². The van der Waals surface area contributed by atoms with E-state index in [0.717, 1.165) is 46.5 Å². The molecule has 1 heterocycles. The fourth-order valence-corrected chi connectivity index (χ4v) is 3.31. The maximum Gasteiger partial charge on any atom is 0.165 e. The van der Waals surface area contributed by atoms with Crippen LogP contribution in [0.4, 0.5) is 0 Å². The van der Waals surface area contributed by atoms with E-state index in [1.807, 2.05) is 55.6 Å². The Balaban J connectivity index is 1.84. The molecule has 0 unspecified atom stereocenters. The molecular formula is C19H17NO2. The Morgan fingerprint density at radius 1 is 1.00 bits per heavy atom. The lowest BCUT2D eigenvalue weighted by molar-refractivity contribution is 0.0973. The molecule has 0 saturated carbocycles. The second kappa shape index (κ2) is 5.02. The first kappa shape index (κ1) is 13.1. The Hall–Kier alpha value is -2.55. The Morgan fingerprint density at radius 2 is 1.82 bits per heavy atom. The van der Waals surface area contributed by atoms with E-state index in [9.17, 15) is 4.79 Å². The summed E-state index contributed by atoms with van der Waals surface area (Å²) in [7, 11) is 2.04. The lowest BCUT2D eigenvalue weighted by Crippen LogP contribution is -2.11. The fourth-order valence-electron chi connectivity index (χ4n) is 3.31. The number of aryl methyl sites for hydroxylation is 1. The van der Waals surface area contributed by atoms with Crippen LogP contribution >= 0.6 is 0 Å². The third-order valence-corrected chi connectivity index (χ3v) is 4.37.